The SMILES string of the molecule is CC1(C)CCCN(c2nc(CCl)co2)CC1. The molecule has 0 amide bonds. The number of hydrogen-bond acceptors (Lipinski definition) is 3. The van der Waals surface area contributed by atoms with Crippen molar-refractivity contribution in [1.29, 1.82) is 0 Å². The van der Waals surface area contributed by atoms with Gasteiger partial charge < -0.3 is 9.32 Å². The highest BCUT2D eigenvalue weighted by molar-refractivity contribution is 6.16. The average Bonchev–Trinajstić information content (AvgIpc) is 2.64. The van der Waals surface area contributed by atoms with Crippen LogP contribution < -0.4 is 4.90 Å². The van der Waals surface area contributed by atoms with Crippen LogP contribution in [0.1, 0.15) is 38.8 Å². The molecule has 1 fully saturated rings. The van der Waals surface area contributed by atoms with Crippen molar-refractivity contribution in [3.8, 4) is 0 Å². The minimum atomic E-state index is 0.419. The van der Waals surface area contributed by atoms with Gasteiger partial charge in [-0.05, 0) is 24.7 Å². The number of anilines is 1. The lowest BCUT2D eigenvalue weighted by Gasteiger charge is -2.22. The van der Waals surface area contributed by atoms with E-state index in [4.69, 9.17) is 16.0 Å². The highest BCUT2D eigenvalue weighted by atomic mass is 35.5. The Labute approximate surface area is 102 Å². The summed E-state index contributed by atoms with van der Waals surface area (Å²) in [7, 11) is 0. The van der Waals surface area contributed by atoms with Gasteiger partial charge >= 0.3 is 0 Å². The topological polar surface area (TPSA) is 29.3 Å². The molecule has 4 heteroatoms. The monoisotopic (exact) mass is 242 g/mol. The highest BCUT2D eigenvalue weighted by Crippen LogP contribution is 2.31. The van der Waals surface area contributed by atoms with Crippen LogP contribution in [-0.2, 0) is 5.88 Å². The smallest absolute Gasteiger partial charge is 0.297 e. The minimum absolute atomic E-state index is 0.419. The molecule has 0 atom stereocenters. The van der Waals surface area contributed by atoms with E-state index in [0.29, 0.717) is 11.3 Å². The third-order valence-electron chi connectivity index (χ3n) is 3.29. The molecule has 3 nitrogen and oxygen atoms in total. The largest absolute Gasteiger partial charge is 0.432 e. The van der Waals surface area contributed by atoms with Crippen LogP contribution in [-0.4, -0.2) is 18.1 Å². The summed E-state index contributed by atoms with van der Waals surface area (Å²) < 4.78 is 5.45. The van der Waals surface area contributed by atoms with Crippen molar-refractivity contribution in [2.24, 2.45) is 5.41 Å². The third-order valence-corrected chi connectivity index (χ3v) is 3.56. The van der Waals surface area contributed by atoms with Gasteiger partial charge in [0.05, 0.1) is 11.6 Å². The van der Waals surface area contributed by atoms with Crippen molar-refractivity contribution >= 4 is 17.6 Å². The van der Waals surface area contributed by atoms with Crippen LogP contribution in [0.3, 0.4) is 0 Å². The Bertz CT molecular complexity index is 349. The van der Waals surface area contributed by atoms with Gasteiger partial charge in [0.2, 0.25) is 0 Å². The zero-order valence-electron chi connectivity index (χ0n) is 10.0. The van der Waals surface area contributed by atoms with Gasteiger partial charge in [-0.2, -0.15) is 4.98 Å². The van der Waals surface area contributed by atoms with Crippen LogP contribution in [0.5, 0.6) is 0 Å². The Morgan fingerprint density at radius 2 is 2.25 bits per heavy atom. The van der Waals surface area contributed by atoms with Gasteiger partial charge in [-0.1, -0.05) is 13.8 Å². The molecule has 0 N–H and O–H groups in total. The first-order valence-electron chi connectivity index (χ1n) is 5.86. The van der Waals surface area contributed by atoms with Gasteiger partial charge in [0, 0.05) is 13.1 Å². The highest BCUT2D eigenvalue weighted by Gasteiger charge is 2.24. The third kappa shape index (κ3) is 2.70. The maximum Gasteiger partial charge on any atom is 0.297 e. The Hall–Kier alpha value is -0.700. The first-order valence-corrected chi connectivity index (χ1v) is 6.39. The number of halogens is 1. The number of oxazole rings is 1. The number of nitrogens with zero attached hydrogens (tertiary/aromatic N) is 2. The maximum absolute atomic E-state index is 5.72. The number of aromatic nitrogens is 1. The Balaban J connectivity index is 2.04. The molecular formula is C12H19ClN2O. The fraction of sp³-hybridized carbons (Fsp3) is 0.750. The molecule has 0 aliphatic carbocycles. The quantitative estimate of drug-likeness (QED) is 0.744. The lowest BCUT2D eigenvalue weighted by atomic mass is 9.85. The summed E-state index contributed by atoms with van der Waals surface area (Å²) in [4.78, 5) is 6.60. The van der Waals surface area contributed by atoms with E-state index in [-0.39, 0.29) is 0 Å². The molecule has 2 heterocycles. The summed E-state index contributed by atoms with van der Waals surface area (Å²) in [5, 5.41) is 0. The molecule has 1 aromatic heterocycles. The molecule has 1 aliphatic rings. The van der Waals surface area contributed by atoms with E-state index in [1.165, 1.54) is 19.3 Å². The summed E-state index contributed by atoms with van der Waals surface area (Å²) >= 11 is 5.72. The molecule has 16 heavy (non-hydrogen) atoms. The molecule has 0 unspecified atom stereocenters. The van der Waals surface area contributed by atoms with E-state index < -0.39 is 0 Å². The van der Waals surface area contributed by atoms with Crippen LogP contribution in [0.4, 0.5) is 6.01 Å². The molecule has 0 saturated carbocycles. The Kier molecular flexibility index (Phi) is 3.43. The van der Waals surface area contributed by atoms with Crippen molar-refractivity contribution in [2.75, 3.05) is 18.0 Å². The molecule has 1 aromatic rings. The molecule has 0 bridgehead atoms. The van der Waals surface area contributed by atoms with Crippen LogP contribution in [0, 0.1) is 5.41 Å². The molecule has 1 saturated heterocycles. The molecule has 0 radical (unpaired) electrons. The van der Waals surface area contributed by atoms with Gasteiger partial charge in [0.15, 0.2) is 0 Å². The minimum Gasteiger partial charge on any atom is -0.432 e. The molecule has 1 aliphatic heterocycles. The van der Waals surface area contributed by atoms with E-state index in [1.807, 2.05) is 0 Å². The van der Waals surface area contributed by atoms with Crippen molar-refractivity contribution in [2.45, 2.75) is 39.0 Å². The summed E-state index contributed by atoms with van der Waals surface area (Å²) in [6.45, 7) is 6.72. The molecule has 90 valence electrons. The fourth-order valence-electron chi connectivity index (χ4n) is 2.12. The fourth-order valence-corrected chi connectivity index (χ4v) is 2.24. The lowest BCUT2D eigenvalue weighted by molar-refractivity contribution is 0.324. The molecule has 0 spiro atoms. The first kappa shape index (κ1) is 11.8. The van der Waals surface area contributed by atoms with Crippen molar-refractivity contribution < 1.29 is 4.42 Å². The summed E-state index contributed by atoms with van der Waals surface area (Å²) in [6, 6.07) is 0.730. The molecular weight excluding hydrogens is 224 g/mol. The number of alkyl halides is 1. The van der Waals surface area contributed by atoms with Crippen LogP contribution in [0.15, 0.2) is 10.7 Å². The summed E-state index contributed by atoms with van der Waals surface area (Å²) in [6.07, 6.45) is 5.31. The van der Waals surface area contributed by atoms with E-state index in [0.717, 1.165) is 24.8 Å². The van der Waals surface area contributed by atoms with Crippen molar-refractivity contribution in [3.63, 3.8) is 0 Å². The van der Waals surface area contributed by atoms with Crippen LogP contribution in [0.25, 0.3) is 0 Å². The van der Waals surface area contributed by atoms with Crippen LogP contribution >= 0.6 is 11.6 Å². The van der Waals surface area contributed by atoms with E-state index >= 15 is 0 Å². The van der Waals surface area contributed by atoms with Crippen molar-refractivity contribution in [3.05, 3.63) is 12.0 Å². The first-order chi connectivity index (χ1) is 7.61. The van der Waals surface area contributed by atoms with Gasteiger partial charge in [-0.3, -0.25) is 0 Å². The van der Waals surface area contributed by atoms with Gasteiger partial charge in [-0.25, -0.2) is 0 Å². The molecule has 0 aromatic carbocycles. The standard InChI is InChI=1S/C12H19ClN2O/c1-12(2)4-3-6-15(7-5-12)11-14-10(8-13)9-16-11/h9H,3-8H2,1-2H3. The Morgan fingerprint density at radius 1 is 1.44 bits per heavy atom. The normalized spacial score (nSPS) is 20.8. The average molecular weight is 243 g/mol. The van der Waals surface area contributed by atoms with Crippen molar-refractivity contribution in [1.82, 2.24) is 4.98 Å². The lowest BCUT2D eigenvalue weighted by Crippen LogP contribution is -2.25. The summed E-state index contributed by atoms with van der Waals surface area (Å²) in [5.41, 5.74) is 1.26. The van der Waals surface area contributed by atoms with E-state index in [2.05, 4.69) is 23.7 Å². The predicted molar refractivity (Wildman–Crippen MR) is 65.9 cm³/mol. The number of rotatable bonds is 2. The maximum atomic E-state index is 5.72. The second-order valence-electron chi connectivity index (χ2n) is 5.26. The second-order valence-corrected chi connectivity index (χ2v) is 5.53. The number of hydrogen-bond donors (Lipinski definition) is 0. The second kappa shape index (κ2) is 4.66. The zero-order valence-corrected chi connectivity index (χ0v) is 10.8. The van der Waals surface area contributed by atoms with Gasteiger partial charge in [0.25, 0.3) is 6.01 Å². The van der Waals surface area contributed by atoms with Gasteiger partial charge in [0.1, 0.15) is 6.26 Å². The summed E-state index contributed by atoms with van der Waals surface area (Å²) in [5.74, 6) is 0.419. The predicted octanol–water partition coefficient (Wildman–Crippen LogP) is 3.43. The van der Waals surface area contributed by atoms with E-state index in [1.54, 1.807) is 6.26 Å². The Morgan fingerprint density at radius 3 is 2.94 bits per heavy atom. The van der Waals surface area contributed by atoms with Gasteiger partial charge in [-0.15, -0.1) is 11.6 Å². The van der Waals surface area contributed by atoms with Crippen LogP contribution in [0.2, 0.25) is 0 Å². The molecule has 2 rings (SSSR count). The zero-order chi connectivity index (χ0) is 11.6. The van der Waals surface area contributed by atoms with E-state index in [9.17, 15) is 0 Å².